The second kappa shape index (κ2) is 2.73. The van der Waals surface area contributed by atoms with Crippen molar-refractivity contribution in [3.05, 3.63) is 17.6 Å². The van der Waals surface area contributed by atoms with Crippen molar-refractivity contribution < 1.29 is 4.74 Å². The number of hydrogen-bond donors (Lipinski definition) is 1. The lowest BCUT2D eigenvalue weighted by Gasteiger charge is -2.01. The standard InChI is InChI=1S/C9H11N3O/c1-5-4-10-8-7(5)9(13-3)12-6(2)11-8/h4H,1-3H3,(H,10,11,12). The van der Waals surface area contributed by atoms with E-state index in [1.165, 1.54) is 0 Å². The fourth-order valence-corrected chi connectivity index (χ4v) is 1.40. The lowest BCUT2D eigenvalue weighted by molar-refractivity contribution is 0.401. The molecule has 2 aromatic heterocycles. The molecule has 0 fully saturated rings. The van der Waals surface area contributed by atoms with Gasteiger partial charge in [-0.15, -0.1) is 0 Å². The summed E-state index contributed by atoms with van der Waals surface area (Å²) in [7, 11) is 1.62. The number of aryl methyl sites for hydroxylation is 2. The van der Waals surface area contributed by atoms with Crippen molar-refractivity contribution in [1.29, 1.82) is 0 Å². The number of ether oxygens (including phenoxy) is 1. The summed E-state index contributed by atoms with van der Waals surface area (Å²) < 4.78 is 5.18. The average molecular weight is 177 g/mol. The smallest absolute Gasteiger partial charge is 0.226 e. The third kappa shape index (κ3) is 1.14. The Morgan fingerprint density at radius 3 is 2.77 bits per heavy atom. The molecule has 2 heterocycles. The first kappa shape index (κ1) is 8.04. The van der Waals surface area contributed by atoms with Crippen LogP contribution in [0, 0.1) is 13.8 Å². The van der Waals surface area contributed by atoms with E-state index in [4.69, 9.17) is 4.74 Å². The fourth-order valence-electron chi connectivity index (χ4n) is 1.40. The van der Waals surface area contributed by atoms with E-state index in [2.05, 4.69) is 15.0 Å². The molecule has 0 radical (unpaired) electrons. The maximum Gasteiger partial charge on any atom is 0.226 e. The van der Waals surface area contributed by atoms with E-state index < -0.39 is 0 Å². The number of rotatable bonds is 1. The Labute approximate surface area is 76.0 Å². The molecule has 0 unspecified atom stereocenters. The van der Waals surface area contributed by atoms with Crippen LogP contribution in [0.2, 0.25) is 0 Å². The third-order valence-electron chi connectivity index (χ3n) is 2.00. The monoisotopic (exact) mass is 177 g/mol. The molecule has 0 aliphatic heterocycles. The SMILES string of the molecule is COc1nc(C)nc2[nH]cc(C)c12. The summed E-state index contributed by atoms with van der Waals surface area (Å²) in [5.74, 6) is 1.35. The molecule has 0 aromatic carbocycles. The molecular formula is C9H11N3O. The minimum atomic E-state index is 0.640. The second-order valence-electron chi connectivity index (χ2n) is 2.98. The molecular weight excluding hydrogens is 166 g/mol. The Balaban J connectivity index is 2.85. The van der Waals surface area contributed by atoms with E-state index in [1.54, 1.807) is 7.11 Å². The van der Waals surface area contributed by atoms with E-state index in [0.717, 1.165) is 16.6 Å². The molecule has 1 N–H and O–H groups in total. The van der Waals surface area contributed by atoms with Gasteiger partial charge in [0.2, 0.25) is 5.88 Å². The first-order chi connectivity index (χ1) is 6.22. The lowest BCUT2D eigenvalue weighted by Crippen LogP contribution is -1.94. The van der Waals surface area contributed by atoms with Gasteiger partial charge >= 0.3 is 0 Å². The zero-order chi connectivity index (χ0) is 9.42. The van der Waals surface area contributed by atoms with Crippen LogP contribution in [0.25, 0.3) is 11.0 Å². The zero-order valence-corrected chi connectivity index (χ0v) is 7.88. The van der Waals surface area contributed by atoms with Crippen LogP contribution in [0.4, 0.5) is 0 Å². The minimum Gasteiger partial charge on any atom is -0.480 e. The molecule has 0 spiro atoms. The maximum atomic E-state index is 5.18. The van der Waals surface area contributed by atoms with Crippen LogP contribution >= 0.6 is 0 Å². The highest BCUT2D eigenvalue weighted by atomic mass is 16.5. The second-order valence-corrected chi connectivity index (χ2v) is 2.98. The van der Waals surface area contributed by atoms with Crippen LogP contribution in [-0.2, 0) is 0 Å². The number of H-pyrrole nitrogens is 1. The molecule has 2 rings (SSSR count). The predicted octanol–water partition coefficient (Wildman–Crippen LogP) is 1.58. The third-order valence-corrected chi connectivity index (χ3v) is 2.00. The number of hydrogen-bond acceptors (Lipinski definition) is 3. The highest BCUT2D eigenvalue weighted by molar-refractivity contribution is 5.84. The summed E-state index contributed by atoms with van der Waals surface area (Å²) in [6, 6.07) is 0. The molecule has 0 atom stereocenters. The van der Waals surface area contributed by atoms with Gasteiger partial charge in [0.1, 0.15) is 11.5 Å². The van der Waals surface area contributed by atoms with Crippen molar-refractivity contribution in [2.45, 2.75) is 13.8 Å². The summed E-state index contributed by atoms with van der Waals surface area (Å²) in [5, 5.41) is 0.966. The highest BCUT2D eigenvalue weighted by Gasteiger charge is 2.09. The van der Waals surface area contributed by atoms with Crippen molar-refractivity contribution >= 4 is 11.0 Å². The number of nitrogens with zero attached hydrogens (tertiary/aromatic N) is 2. The van der Waals surface area contributed by atoms with Crippen molar-refractivity contribution in [3.63, 3.8) is 0 Å². The van der Waals surface area contributed by atoms with E-state index in [-0.39, 0.29) is 0 Å². The summed E-state index contributed by atoms with van der Waals surface area (Å²) in [6.07, 6.45) is 1.90. The van der Waals surface area contributed by atoms with Gasteiger partial charge in [-0.1, -0.05) is 0 Å². The highest BCUT2D eigenvalue weighted by Crippen LogP contribution is 2.24. The number of aromatic amines is 1. The number of nitrogens with one attached hydrogen (secondary N) is 1. The van der Waals surface area contributed by atoms with Crippen LogP contribution < -0.4 is 4.74 Å². The van der Waals surface area contributed by atoms with Gasteiger partial charge in [-0.25, -0.2) is 4.98 Å². The van der Waals surface area contributed by atoms with Gasteiger partial charge < -0.3 is 9.72 Å². The number of fused-ring (bicyclic) bond motifs is 1. The topological polar surface area (TPSA) is 50.8 Å². The Hall–Kier alpha value is -1.58. The normalized spacial score (nSPS) is 10.7. The largest absolute Gasteiger partial charge is 0.480 e. The van der Waals surface area contributed by atoms with Crippen LogP contribution in [0.3, 0.4) is 0 Å². The van der Waals surface area contributed by atoms with Gasteiger partial charge in [-0.05, 0) is 19.4 Å². The molecule has 0 aliphatic carbocycles. The van der Waals surface area contributed by atoms with E-state index in [1.807, 2.05) is 20.0 Å². The Kier molecular flexibility index (Phi) is 1.69. The molecule has 4 nitrogen and oxygen atoms in total. The predicted molar refractivity (Wildman–Crippen MR) is 49.9 cm³/mol. The van der Waals surface area contributed by atoms with E-state index in [0.29, 0.717) is 11.7 Å². The Bertz CT molecular complexity index is 447. The maximum absolute atomic E-state index is 5.18. The zero-order valence-electron chi connectivity index (χ0n) is 7.88. The van der Waals surface area contributed by atoms with Gasteiger partial charge in [0.25, 0.3) is 0 Å². The molecule has 0 bridgehead atoms. The summed E-state index contributed by atoms with van der Waals surface area (Å²) in [5.41, 5.74) is 1.94. The van der Waals surface area contributed by atoms with Crippen LogP contribution in [0.1, 0.15) is 11.4 Å². The molecule has 13 heavy (non-hydrogen) atoms. The molecule has 0 saturated carbocycles. The van der Waals surface area contributed by atoms with Crippen LogP contribution in [-0.4, -0.2) is 22.1 Å². The van der Waals surface area contributed by atoms with Crippen LogP contribution in [0.15, 0.2) is 6.20 Å². The molecule has 0 amide bonds. The molecule has 4 heteroatoms. The van der Waals surface area contributed by atoms with Crippen molar-refractivity contribution in [2.75, 3.05) is 7.11 Å². The van der Waals surface area contributed by atoms with Gasteiger partial charge in [0.15, 0.2) is 0 Å². The van der Waals surface area contributed by atoms with Crippen LogP contribution in [0.5, 0.6) is 5.88 Å². The van der Waals surface area contributed by atoms with Crippen molar-refractivity contribution in [3.8, 4) is 5.88 Å². The first-order valence-corrected chi connectivity index (χ1v) is 4.08. The summed E-state index contributed by atoms with van der Waals surface area (Å²) >= 11 is 0. The fraction of sp³-hybridized carbons (Fsp3) is 0.333. The van der Waals surface area contributed by atoms with Gasteiger partial charge in [0.05, 0.1) is 12.5 Å². The van der Waals surface area contributed by atoms with Gasteiger partial charge in [-0.3, -0.25) is 0 Å². The quantitative estimate of drug-likeness (QED) is 0.719. The molecule has 68 valence electrons. The van der Waals surface area contributed by atoms with E-state index >= 15 is 0 Å². The molecule has 0 saturated heterocycles. The average Bonchev–Trinajstić information content (AvgIpc) is 2.46. The van der Waals surface area contributed by atoms with E-state index in [9.17, 15) is 0 Å². The molecule has 0 aliphatic rings. The summed E-state index contributed by atoms with van der Waals surface area (Å²) in [6.45, 7) is 3.85. The molecule has 2 aromatic rings. The first-order valence-electron chi connectivity index (χ1n) is 4.08. The van der Waals surface area contributed by atoms with Crippen molar-refractivity contribution in [2.24, 2.45) is 0 Å². The lowest BCUT2D eigenvalue weighted by atomic mass is 10.2. The van der Waals surface area contributed by atoms with Gasteiger partial charge in [0, 0.05) is 6.20 Å². The summed E-state index contributed by atoms with van der Waals surface area (Å²) in [4.78, 5) is 11.5. The minimum absolute atomic E-state index is 0.640. The number of methoxy groups -OCH3 is 1. The van der Waals surface area contributed by atoms with Gasteiger partial charge in [-0.2, -0.15) is 4.98 Å². The Morgan fingerprint density at radius 2 is 2.08 bits per heavy atom. The Morgan fingerprint density at radius 1 is 1.31 bits per heavy atom. The number of aromatic nitrogens is 3. The van der Waals surface area contributed by atoms with Crippen molar-refractivity contribution in [1.82, 2.24) is 15.0 Å².